The average molecular weight is 723 g/mol. The molecule has 286 valence electrons. The van der Waals surface area contributed by atoms with Crippen LogP contribution in [-0.2, 0) is 14.9 Å². The number of aliphatic hydroxyl groups excluding tert-OH is 2. The van der Waals surface area contributed by atoms with Crippen molar-refractivity contribution in [2.45, 2.75) is 95.3 Å². The maximum absolute atomic E-state index is 8.92. The average Bonchev–Trinajstić information content (AvgIpc) is 3.50. The van der Waals surface area contributed by atoms with Crippen molar-refractivity contribution in [3.05, 3.63) is 119 Å². The Morgan fingerprint density at radius 3 is 1.23 bits per heavy atom. The fraction of sp³-hybridized carbons (Fsp3) is 0.489. The highest BCUT2D eigenvalue weighted by atomic mass is 16.5. The third kappa shape index (κ3) is 11.7. The first kappa shape index (κ1) is 40.5. The van der Waals surface area contributed by atoms with Crippen LogP contribution < -0.4 is 9.47 Å². The normalized spacial score (nSPS) is 12.8. The van der Waals surface area contributed by atoms with Gasteiger partial charge < -0.3 is 29.2 Å². The first-order chi connectivity index (χ1) is 26.3. The first-order valence-corrected chi connectivity index (χ1v) is 20.3. The van der Waals surface area contributed by atoms with Gasteiger partial charge in [0.1, 0.15) is 11.5 Å². The maximum Gasteiger partial charge on any atom is 0.119 e. The van der Waals surface area contributed by atoms with E-state index in [0.717, 1.165) is 76.1 Å². The van der Waals surface area contributed by atoms with Gasteiger partial charge in [-0.25, -0.2) is 0 Å². The van der Waals surface area contributed by atoms with Gasteiger partial charge in [-0.3, -0.25) is 0 Å². The molecule has 4 aromatic rings. The van der Waals surface area contributed by atoms with Gasteiger partial charge in [-0.1, -0.05) is 124 Å². The number of ether oxygens (including phenoxy) is 4. The molecule has 0 aromatic heterocycles. The van der Waals surface area contributed by atoms with Crippen LogP contribution in [0.25, 0.3) is 11.1 Å². The van der Waals surface area contributed by atoms with Crippen molar-refractivity contribution in [3.63, 3.8) is 0 Å². The van der Waals surface area contributed by atoms with E-state index >= 15 is 0 Å². The van der Waals surface area contributed by atoms with Crippen molar-refractivity contribution >= 4 is 0 Å². The summed E-state index contributed by atoms with van der Waals surface area (Å²) >= 11 is 0. The molecule has 2 N–H and O–H groups in total. The second kappa shape index (κ2) is 23.2. The molecule has 0 saturated heterocycles. The number of hydrogen-bond acceptors (Lipinski definition) is 6. The Labute approximate surface area is 318 Å². The van der Waals surface area contributed by atoms with Crippen LogP contribution >= 0.6 is 0 Å². The van der Waals surface area contributed by atoms with E-state index in [2.05, 4.69) is 97.1 Å². The van der Waals surface area contributed by atoms with Gasteiger partial charge in [-0.2, -0.15) is 0 Å². The van der Waals surface area contributed by atoms with Crippen molar-refractivity contribution in [2.24, 2.45) is 0 Å². The highest BCUT2D eigenvalue weighted by Crippen LogP contribution is 2.56. The standard InChI is InChI=1S/C47H62O6/c48-29-13-5-1-3-7-15-31-50-33-19-35-52-41-23-17-21-39(37-41)47(45-27-11-9-25-43(45)44-26-10-12-28-46(44)47)40-22-18-24-42(38-40)53-36-20-34-51-32-16-8-4-2-6-14-30-49/h9-12,17-18,21-28,37-38,48-49H,1-8,13-16,19-20,29-36H2. The second-order valence-corrected chi connectivity index (χ2v) is 14.2. The van der Waals surface area contributed by atoms with Crippen LogP contribution in [0.5, 0.6) is 11.5 Å². The molecule has 0 amide bonds. The minimum absolute atomic E-state index is 0.300. The Bertz CT molecular complexity index is 1480. The molecule has 0 fully saturated rings. The number of fused-ring (bicyclic) bond motifs is 3. The molecular formula is C47H62O6. The number of rotatable bonds is 28. The SMILES string of the molecule is OCCCCCCCCOCCCOc1cccc(C2(c3cccc(OCCCOCCCCCCCCO)c3)c3ccccc3-c3ccccc32)c1. The molecular weight excluding hydrogens is 661 g/mol. The zero-order chi connectivity index (χ0) is 36.8. The summed E-state index contributed by atoms with van der Waals surface area (Å²) in [4.78, 5) is 0. The van der Waals surface area contributed by atoms with Crippen molar-refractivity contribution < 1.29 is 29.2 Å². The molecule has 0 spiro atoms. The fourth-order valence-electron chi connectivity index (χ4n) is 7.61. The minimum atomic E-state index is -0.533. The molecule has 0 unspecified atom stereocenters. The molecule has 5 rings (SSSR count). The summed E-state index contributed by atoms with van der Waals surface area (Å²) in [5, 5.41) is 17.8. The van der Waals surface area contributed by atoms with E-state index in [1.54, 1.807) is 0 Å². The summed E-state index contributed by atoms with van der Waals surface area (Å²) in [5.41, 5.74) is 6.84. The van der Waals surface area contributed by atoms with Gasteiger partial charge in [0, 0.05) is 52.5 Å². The largest absolute Gasteiger partial charge is 0.493 e. The van der Waals surface area contributed by atoms with Crippen molar-refractivity contribution in [1.29, 1.82) is 0 Å². The predicted octanol–water partition coefficient (Wildman–Crippen LogP) is 10.3. The summed E-state index contributed by atoms with van der Waals surface area (Å²) in [6, 6.07) is 34.8. The Balaban J connectivity index is 1.21. The number of unbranched alkanes of at least 4 members (excludes halogenated alkanes) is 10. The lowest BCUT2D eigenvalue weighted by Crippen LogP contribution is -2.28. The molecule has 0 bridgehead atoms. The molecule has 1 aliphatic rings. The molecule has 53 heavy (non-hydrogen) atoms. The van der Waals surface area contributed by atoms with E-state index in [0.29, 0.717) is 39.6 Å². The Morgan fingerprint density at radius 1 is 0.377 bits per heavy atom. The van der Waals surface area contributed by atoms with Gasteiger partial charge in [0.15, 0.2) is 0 Å². The minimum Gasteiger partial charge on any atom is -0.493 e. The van der Waals surface area contributed by atoms with Gasteiger partial charge >= 0.3 is 0 Å². The summed E-state index contributed by atoms with van der Waals surface area (Å²) in [6.45, 7) is 4.78. The summed E-state index contributed by atoms with van der Waals surface area (Å²) < 4.78 is 24.5. The van der Waals surface area contributed by atoms with Crippen LogP contribution in [0, 0.1) is 0 Å². The molecule has 6 heteroatoms. The van der Waals surface area contributed by atoms with Crippen LogP contribution in [0.1, 0.15) is 112 Å². The van der Waals surface area contributed by atoms with Crippen molar-refractivity contribution in [3.8, 4) is 22.6 Å². The predicted molar refractivity (Wildman–Crippen MR) is 215 cm³/mol. The topological polar surface area (TPSA) is 77.4 Å². The fourth-order valence-corrected chi connectivity index (χ4v) is 7.61. The lowest BCUT2D eigenvalue weighted by atomic mass is 9.67. The van der Waals surface area contributed by atoms with Crippen LogP contribution in [0.2, 0.25) is 0 Å². The lowest BCUT2D eigenvalue weighted by molar-refractivity contribution is 0.115. The first-order valence-electron chi connectivity index (χ1n) is 20.3. The van der Waals surface area contributed by atoms with Crippen LogP contribution in [0.3, 0.4) is 0 Å². The second-order valence-electron chi connectivity index (χ2n) is 14.2. The number of hydrogen-bond donors (Lipinski definition) is 2. The van der Waals surface area contributed by atoms with Crippen LogP contribution in [0.15, 0.2) is 97.1 Å². The lowest BCUT2D eigenvalue weighted by Gasteiger charge is -2.34. The summed E-state index contributed by atoms with van der Waals surface area (Å²) in [5.74, 6) is 1.72. The highest BCUT2D eigenvalue weighted by molar-refractivity contribution is 5.86. The van der Waals surface area contributed by atoms with Crippen molar-refractivity contribution in [2.75, 3.05) is 52.9 Å². The van der Waals surface area contributed by atoms with Gasteiger partial charge in [0.2, 0.25) is 0 Å². The molecule has 4 aromatic carbocycles. The molecule has 0 atom stereocenters. The zero-order valence-electron chi connectivity index (χ0n) is 31.8. The smallest absolute Gasteiger partial charge is 0.119 e. The third-order valence-electron chi connectivity index (χ3n) is 10.3. The Hall–Kier alpha value is -3.68. The van der Waals surface area contributed by atoms with Gasteiger partial charge in [0.25, 0.3) is 0 Å². The summed E-state index contributed by atoms with van der Waals surface area (Å²) in [7, 11) is 0. The van der Waals surface area contributed by atoms with E-state index in [4.69, 9.17) is 29.2 Å². The molecule has 0 aliphatic heterocycles. The van der Waals surface area contributed by atoms with E-state index in [9.17, 15) is 0 Å². The molecule has 0 saturated carbocycles. The van der Waals surface area contributed by atoms with E-state index in [1.165, 1.54) is 71.9 Å². The molecule has 1 aliphatic carbocycles. The molecule has 0 radical (unpaired) electrons. The third-order valence-corrected chi connectivity index (χ3v) is 10.3. The quantitative estimate of drug-likeness (QED) is 0.0501. The Kier molecular flexibility index (Phi) is 17.7. The van der Waals surface area contributed by atoms with Crippen LogP contribution in [0.4, 0.5) is 0 Å². The molecule has 0 heterocycles. The van der Waals surface area contributed by atoms with E-state index in [1.807, 2.05) is 0 Å². The zero-order valence-corrected chi connectivity index (χ0v) is 31.8. The van der Waals surface area contributed by atoms with Gasteiger partial charge in [-0.15, -0.1) is 0 Å². The highest BCUT2D eigenvalue weighted by Gasteiger charge is 2.46. The Morgan fingerprint density at radius 2 is 0.774 bits per heavy atom. The maximum atomic E-state index is 8.92. The van der Waals surface area contributed by atoms with Gasteiger partial charge in [-0.05, 0) is 83.3 Å². The van der Waals surface area contributed by atoms with E-state index in [-0.39, 0.29) is 0 Å². The van der Waals surface area contributed by atoms with Gasteiger partial charge in [0.05, 0.1) is 18.6 Å². The van der Waals surface area contributed by atoms with Crippen molar-refractivity contribution in [1.82, 2.24) is 0 Å². The van der Waals surface area contributed by atoms with E-state index < -0.39 is 5.41 Å². The number of aliphatic hydroxyl groups is 2. The summed E-state index contributed by atoms with van der Waals surface area (Å²) in [6.07, 6.45) is 15.1. The van der Waals surface area contributed by atoms with Crippen LogP contribution in [-0.4, -0.2) is 63.1 Å². The molecule has 6 nitrogen and oxygen atoms in total. The number of benzene rings is 4. The monoisotopic (exact) mass is 722 g/mol.